The summed E-state index contributed by atoms with van der Waals surface area (Å²) in [6.07, 6.45) is 5.90. The zero-order valence-electron chi connectivity index (χ0n) is 9.64. The van der Waals surface area contributed by atoms with Gasteiger partial charge in [-0.3, -0.25) is 0 Å². The molecule has 0 saturated heterocycles. The van der Waals surface area contributed by atoms with Crippen molar-refractivity contribution in [2.45, 2.75) is 59.0 Å². The zero-order chi connectivity index (χ0) is 10.3. The minimum absolute atomic E-state index is 0.0365. The average Bonchev–Trinajstić information content (AvgIpc) is 2.43. The normalized spacial score (nSPS) is 42.4. The Hall–Kier alpha value is -0.300. The molecular formula is C13H22O. The van der Waals surface area contributed by atoms with Crippen molar-refractivity contribution in [1.82, 2.24) is 0 Å². The van der Waals surface area contributed by atoms with E-state index in [-0.39, 0.29) is 6.10 Å². The molecular weight excluding hydrogens is 172 g/mol. The van der Waals surface area contributed by atoms with Crippen molar-refractivity contribution < 1.29 is 5.11 Å². The molecule has 1 N–H and O–H groups in total. The predicted octanol–water partition coefficient (Wildman–Crippen LogP) is 3.28. The van der Waals surface area contributed by atoms with Crippen LogP contribution in [0.3, 0.4) is 0 Å². The topological polar surface area (TPSA) is 20.2 Å². The van der Waals surface area contributed by atoms with Gasteiger partial charge in [-0.05, 0) is 57.3 Å². The first-order valence-corrected chi connectivity index (χ1v) is 5.90. The van der Waals surface area contributed by atoms with E-state index in [1.165, 1.54) is 31.3 Å². The van der Waals surface area contributed by atoms with Gasteiger partial charge in [0.05, 0.1) is 6.10 Å². The summed E-state index contributed by atoms with van der Waals surface area (Å²) in [5, 5.41) is 10.0. The number of aliphatic hydroxyl groups is 1. The maximum absolute atomic E-state index is 10.0. The van der Waals surface area contributed by atoms with E-state index in [0.717, 1.165) is 6.42 Å². The molecule has 0 aromatic rings. The second-order valence-electron chi connectivity index (χ2n) is 5.50. The number of hydrogen-bond donors (Lipinski definition) is 1. The van der Waals surface area contributed by atoms with Crippen molar-refractivity contribution in [3.05, 3.63) is 11.1 Å². The molecule has 0 aliphatic heterocycles. The quantitative estimate of drug-likeness (QED) is 0.587. The Labute approximate surface area is 87.2 Å². The van der Waals surface area contributed by atoms with Crippen LogP contribution in [0, 0.1) is 11.3 Å². The van der Waals surface area contributed by atoms with Crippen LogP contribution in [-0.4, -0.2) is 11.2 Å². The van der Waals surface area contributed by atoms with Gasteiger partial charge in [-0.15, -0.1) is 0 Å². The summed E-state index contributed by atoms with van der Waals surface area (Å²) in [4.78, 5) is 0. The fourth-order valence-corrected chi connectivity index (χ4v) is 3.78. The number of hydrogen-bond acceptors (Lipinski definition) is 1. The molecule has 0 aromatic heterocycles. The highest BCUT2D eigenvalue weighted by atomic mass is 16.3. The van der Waals surface area contributed by atoms with Gasteiger partial charge in [0, 0.05) is 0 Å². The van der Waals surface area contributed by atoms with Crippen LogP contribution in [0.1, 0.15) is 52.9 Å². The van der Waals surface area contributed by atoms with Crippen molar-refractivity contribution in [2.24, 2.45) is 11.3 Å². The molecule has 0 bridgehead atoms. The largest absolute Gasteiger partial charge is 0.393 e. The lowest BCUT2D eigenvalue weighted by atomic mass is 9.66. The van der Waals surface area contributed by atoms with Crippen LogP contribution < -0.4 is 0 Å². The molecule has 2 saturated carbocycles. The molecule has 0 spiro atoms. The molecule has 0 amide bonds. The van der Waals surface area contributed by atoms with Crippen LogP contribution >= 0.6 is 0 Å². The molecule has 1 nitrogen and oxygen atoms in total. The molecule has 2 aliphatic rings. The van der Waals surface area contributed by atoms with E-state index in [1.54, 1.807) is 5.57 Å². The maximum atomic E-state index is 10.0. The van der Waals surface area contributed by atoms with Gasteiger partial charge in [0.15, 0.2) is 0 Å². The highest BCUT2D eigenvalue weighted by Crippen LogP contribution is 2.55. The van der Waals surface area contributed by atoms with E-state index >= 15 is 0 Å². The van der Waals surface area contributed by atoms with Gasteiger partial charge in [0.1, 0.15) is 0 Å². The maximum Gasteiger partial charge on any atom is 0.0576 e. The molecule has 14 heavy (non-hydrogen) atoms. The van der Waals surface area contributed by atoms with E-state index < -0.39 is 0 Å². The van der Waals surface area contributed by atoms with E-state index in [0.29, 0.717) is 11.3 Å². The predicted molar refractivity (Wildman–Crippen MR) is 59.1 cm³/mol. The number of allylic oxidation sites excluding steroid dienone is 2. The summed E-state index contributed by atoms with van der Waals surface area (Å²) in [7, 11) is 0. The molecule has 1 heteroatoms. The summed E-state index contributed by atoms with van der Waals surface area (Å²) in [6, 6.07) is 0. The summed E-state index contributed by atoms with van der Waals surface area (Å²) >= 11 is 0. The van der Waals surface area contributed by atoms with Gasteiger partial charge < -0.3 is 5.11 Å². The fourth-order valence-electron chi connectivity index (χ4n) is 3.78. The van der Waals surface area contributed by atoms with Crippen LogP contribution in [0.5, 0.6) is 0 Å². The first kappa shape index (κ1) is 10.2. The van der Waals surface area contributed by atoms with E-state index in [4.69, 9.17) is 0 Å². The zero-order valence-corrected chi connectivity index (χ0v) is 9.64. The minimum Gasteiger partial charge on any atom is -0.393 e. The second kappa shape index (κ2) is 3.37. The van der Waals surface area contributed by atoms with Crippen molar-refractivity contribution in [2.75, 3.05) is 0 Å². The van der Waals surface area contributed by atoms with Crippen molar-refractivity contribution in [3.63, 3.8) is 0 Å². The molecule has 2 aliphatic carbocycles. The number of rotatable bonds is 0. The van der Waals surface area contributed by atoms with Crippen molar-refractivity contribution in [1.29, 1.82) is 0 Å². The summed E-state index contributed by atoms with van der Waals surface area (Å²) < 4.78 is 0. The molecule has 0 heterocycles. The minimum atomic E-state index is -0.0365. The first-order chi connectivity index (χ1) is 6.55. The third-order valence-electron chi connectivity index (χ3n) is 4.48. The Bertz CT molecular complexity index is 262. The van der Waals surface area contributed by atoms with Crippen LogP contribution in [0.25, 0.3) is 0 Å². The Morgan fingerprint density at radius 1 is 1.36 bits per heavy atom. The number of fused-ring (bicyclic) bond motifs is 1. The standard InChI is InChI=1S/C13H22O/c1-9(2)10-6-7-11-12(14)5-4-8-13(10,11)3/h11-12,14H,4-8H2,1-3H3/t11-,12-,13+/m0/s1. The lowest BCUT2D eigenvalue weighted by Gasteiger charge is -2.41. The Morgan fingerprint density at radius 2 is 2.07 bits per heavy atom. The van der Waals surface area contributed by atoms with Gasteiger partial charge in [-0.25, -0.2) is 0 Å². The van der Waals surface area contributed by atoms with E-state index in [1.807, 2.05) is 0 Å². The fraction of sp³-hybridized carbons (Fsp3) is 0.846. The van der Waals surface area contributed by atoms with Crippen molar-refractivity contribution >= 4 is 0 Å². The highest BCUT2D eigenvalue weighted by molar-refractivity contribution is 5.26. The van der Waals surface area contributed by atoms with Gasteiger partial charge in [-0.2, -0.15) is 0 Å². The molecule has 0 radical (unpaired) electrons. The van der Waals surface area contributed by atoms with Crippen LogP contribution in [-0.2, 0) is 0 Å². The molecule has 0 unspecified atom stereocenters. The molecule has 2 fully saturated rings. The second-order valence-corrected chi connectivity index (χ2v) is 5.50. The number of aliphatic hydroxyl groups excluding tert-OH is 1. The van der Waals surface area contributed by atoms with Crippen LogP contribution in [0.15, 0.2) is 11.1 Å². The third-order valence-corrected chi connectivity index (χ3v) is 4.48. The summed E-state index contributed by atoms with van der Waals surface area (Å²) in [6.45, 7) is 6.82. The monoisotopic (exact) mass is 194 g/mol. The first-order valence-electron chi connectivity index (χ1n) is 5.90. The highest BCUT2D eigenvalue weighted by Gasteiger charge is 2.47. The molecule has 2 rings (SSSR count). The van der Waals surface area contributed by atoms with Crippen molar-refractivity contribution in [3.8, 4) is 0 Å². The van der Waals surface area contributed by atoms with Gasteiger partial charge >= 0.3 is 0 Å². The van der Waals surface area contributed by atoms with Crippen LogP contribution in [0.4, 0.5) is 0 Å². The molecule has 3 atom stereocenters. The van der Waals surface area contributed by atoms with Gasteiger partial charge in [-0.1, -0.05) is 18.1 Å². The van der Waals surface area contributed by atoms with Crippen LogP contribution in [0.2, 0.25) is 0 Å². The Kier molecular flexibility index (Phi) is 2.46. The Morgan fingerprint density at radius 3 is 2.71 bits per heavy atom. The lowest BCUT2D eigenvalue weighted by Crippen LogP contribution is -2.37. The lowest BCUT2D eigenvalue weighted by molar-refractivity contribution is 0.0146. The van der Waals surface area contributed by atoms with Gasteiger partial charge in [0.25, 0.3) is 0 Å². The average molecular weight is 194 g/mol. The third kappa shape index (κ3) is 1.33. The smallest absolute Gasteiger partial charge is 0.0576 e. The molecule has 0 aromatic carbocycles. The summed E-state index contributed by atoms with van der Waals surface area (Å²) in [5.41, 5.74) is 3.46. The SMILES string of the molecule is CC(C)=C1CC[C@H]2[C@@H](O)CCC[C@]12C. The van der Waals surface area contributed by atoms with Gasteiger partial charge in [0.2, 0.25) is 0 Å². The summed E-state index contributed by atoms with van der Waals surface area (Å²) in [5.74, 6) is 0.543. The van der Waals surface area contributed by atoms with E-state index in [9.17, 15) is 5.11 Å². The van der Waals surface area contributed by atoms with E-state index in [2.05, 4.69) is 20.8 Å². The molecule has 80 valence electrons. The Balaban J connectivity index is 2.34.